The Labute approximate surface area is 143 Å². The predicted octanol–water partition coefficient (Wildman–Crippen LogP) is 3.29. The molecule has 2 fully saturated rings. The van der Waals surface area contributed by atoms with E-state index >= 15 is 0 Å². The van der Waals surface area contributed by atoms with Gasteiger partial charge in [-0.2, -0.15) is 0 Å². The Kier molecular flexibility index (Phi) is 4.97. The molecule has 5 nitrogen and oxygen atoms in total. The summed E-state index contributed by atoms with van der Waals surface area (Å²) in [6, 6.07) is 2.62. The molecule has 2 aliphatic rings. The number of ether oxygens (including phenoxy) is 1. The molecule has 0 saturated heterocycles. The Bertz CT molecular complexity index is 631. The van der Waals surface area contributed by atoms with E-state index in [-0.39, 0.29) is 18.6 Å². The standard InChI is InChI=1S/C19H28N2O3/c1-12-6-4-5-7-17(12)20-18(22)11-24-19(23)16-10-13(2)21(14(16)3)15-8-9-15/h10,12,15,17H,4-9,11H2,1-3H3,(H,20,22)/t12-,17-/m0/s1. The van der Waals surface area contributed by atoms with Crippen molar-refractivity contribution in [2.75, 3.05) is 6.61 Å². The minimum Gasteiger partial charge on any atom is -0.452 e. The topological polar surface area (TPSA) is 60.3 Å². The maximum Gasteiger partial charge on any atom is 0.340 e. The van der Waals surface area contributed by atoms with Crippen LogP contribution in [0.5, 0.6) is 0 Å². The molecule has 132 valence electrons. The normalized spacial score (nSPS) is 23.8. The number of rotatable bonds is 5. The van der Waals surface area contributed by atoms with Gasteiger partial charge in [-0.25, -0.2) is 4.79 Å². The van der Waals surface area contributed by atoms with Crippen molar-refractivity contribution in [3.63, 3.8) is 0 Å². The fourth-order valence-corrected chi connectivity index (χ4v) is 3.87. The van der Waals surface area contributed by atoms with Crippen molar-refractivity contribution in [2.24, 2.45) is 5.92 Å². The number of esters is 1. The average molecular weight is 332 g/mol. The molecule has 1 amide bonds. The number of carbonyl (C=O) groups is 2. The van der Waals surface area contributed by atoms with Gasteiger partial charge in [0.15, 0.2) is 6.61 Å². The molecule has 0 radical (unpaired) electrons. The Morgan fingerprint density at radius 3 is 2.58 bits per heavy atom. The monoisotopic (exact) mass is 332 g/mol. The molecule has 1 aromatic rings. The molecule has 0 aromatic carbocycles. The van der Waals surface area contributed by atoms with Crippen LogP contribution in [0.2, 0.25) is 0 Å². The van der Waals surface area contributed by atoms with Crippen molar-refractivity contribution in [3.8, 4) is 0 Å². The van der Waals surface area contributed by atoms with E-state index in [0.717, 1.165) is 30.7 Å². The number of carbonyl (C=O) groups excluding carboxylic acids is 2. The quantitative estimate of drug-likeness (QED) is 0.842. The number of aryl methyl sites for hydroxylation is 1. The minimum atomic E-state index is -0.401. The number of aromatic nitrogens is 1. The number of nitrogens with zero attached hydrogens (tertiary/aromatic N) is 1. The van der Waals surface area contributed by atoms with E-state index in [1.807, 2.05) is 19.9 Å². The summed E-state index contributed by atoms with van der Waals surface area (Å²) >= 11 is 0. The maximum absolute atomic E-state index is 12.3. The van der Waals surface area contributed by atoms with Crippen LogP contribution in [0.3, 0.4) is 0 Å². The molecule has 2 aliphatic carbocycles. The zero-order valence-electron chi connectivity index (χ0n) is 14.9. The Balaban J connectivity index is 1.53. The molecular weight excluding hydrogens is 304 g/mol. The summed E-state index contributed by atoms with van der Waals surface area (Å²) in [5.74, 6) is -0.101. The van der Waals surface area contributed by atoms with Gasteiger partial charge in [-0.05, 0) is 51.5 Å². The van der Waals surface area contributed by atoms with Crippen molar-refractivity contribution in [1.82, 2.24) is 9.88 Å². The van der Waals surface area contributed by atoms with Gasteiger partial charge in [-0.15, -0.1) is 0 Å². The lowest BCUT2D eigenvalue weighted by Crippen LogP contribution is -2.42. The lowest BCUT2D eigenvalue weighted by Gasteiger charge is -2.29. The Hall–Kier alpha value is -1.78. The molecule has 2 saturated carbocycles. The highest BCUT2D eigenvalue weighted by molar-refractivity contribution is 5.92. The first-order chi connectivity index (χ1) is 11.5. The highest BCUT2D eigenvalue weighted by Gasteiger charge is 2.29. The first kappa shape index (κ1) is 17.1. The SMILES string of the molecule is Cc1cc(C(=O)OCC(=O)N[C@H]2CCCC[C@@H]2C)c(C)n1C1CC1. The van der Waals surface area contributed by atoms with Gasteiger partial charge in [0.1, 0.15) is 0 Å². The van der Waals surface area contributed by atoms with E-state index in [1.54, 1.807) is 0 Å². The van der Waals surface area contributed by atoms with Crippen LogP contribution in [0, 0.1) is 19.8 Å². The molecule has 0 aliphatic heterocycles. The Morgan fingerprint density at radius 1 is 1.21 bits per heavy atom. The largest absolute Gasteiger partial charge is 0.452 e. The Morgan fingerprint density at radius 2 is 1.92 bits per heavy atom. The summed E-state index contributed by atoms with van der Waals surface area (Å²) in [7, 11) is 0. The lowest BCUT2D eigenvalue weighted by molar-refractivity contribution is -0.125. The zero-order valence-corrected chi connectivity index (χ0v) is 14.9. The molecular formula is C19H28N2O3. The average Bonchev–Trinajstić information content (AvgIpc) is 3.33. The summed E-state index contributed by atoms with van der Waals surface area (Å²) < 4.78 is 7.46. The summed E-state index contributed by atoms with van der Waals surface area (Å²) in [6.45, 7) is 5.93. The number of hydrogen-bond acceptors (Lipinski definition) is 3. The summed E-state index contributed by atoms with van der Waals surface area (Å²) in [5, 5.41) is 3.01. The van der Waals surface area contributed by atoms with Crippen LogP contribution in [0.1, 0.15) is 73.2 Å². The molecule has 0 bridgehead atoms. The third-order valence-electron chi connectivity index (χ3n) is 5.41. The van der Waals surface area contributed by atoms with Gasteiger partial charge in [-0.3, -0.25) is 4.79 Å². The van der Waals surface area contributed by atoms with Crippen molar-refractivity contribution in [1.29, 1.82) is 0 Å². The smallest absolute Gasteiger partial charge is 0.340 e. The van der Waals surface area contributed by atoms with Crippen LogP contribution in [0.25, 0.3) is 0 Å². The van der Waals surface area contributed by atoms with Gasteiger partial charge in [0, 0.05) is 23.5 Å². The minimum absolute atomic E-state index is 0.196. The predicted molar refractivity (Wildman–Crippen MR) is 92.0 cm³/mol. The van der Waals surface area contributed by atoms with Crippen LogP contribution in [-0.4, -0.2) is 29.1 Å². The summed E-state index contributed by atoms with van der Waals surface area (Å²) in [6.07, 6.45) is 6.91. The molecule has 3 rings (SSSR count). The lowest BCUT2D eigenvalue weighted by atomic mass is 9.86. The molecule has 0 spiro atoms. The van der Waals surface area contributed by atoms with Crippen LogP contribution >= 0.6 is 0 Å². The second-order valence-electron chi connectivity index (χ2n) is 7.40. The van der Waals surface area contributed by atoms with Crippen molar-refractivity contribution >= 4 is 11.9 Å². The first-order valence-corrected chi connectivity index (χ1v) is 9.12. The summed E-state index contributed by atoms with van der Waals surface area (Å²) in [5.41, 5.74) is 2.61. The highest BCUT2D eigenvalue weighted by atomic mass is 16.5. The second kappa shape index (κ2) is 6.99. The molecule has 1 N–H and O–H groups in total. The highest BCUT2D eigenvalue weighted by Crippen LogP contribution is 2.38. The van der Waals surface area contributed by atoms with E-state index in [0.29, 0.717) is 17.5 Å². The van der Waals surface area contributed by atoms with E-state index in [2.05, 4.69) is 16.8 Å². The van der Waals surface area contributed by atoms with E-state index < -0.39 is 5.97 Å². The van der Waals surface area contributed by atoms with E-state index in [4.69, 9.17) is 4.74 Å². The van der Waals surface area contributed by atoms with Crippen molar-refractivity contribution in [3.05, 3.63) is 23.0 Å². The van der Waals surface area contributed by atoms with E-state index in [1.165, 1.54) is 19.3 Å². The van der Waals surface area contributed by atoms with Crippen LogP contribution in [-0.2, 0) is 9.53 Å². The van der Waals surface area contributed by atoms with Crippen LogP contribution in [0.15, 0.2) is 6.07 Å². The van der Waals surface area contributed by atoms with Gasteiger partial charge in [-0.1, -0.05) is 19.8 Å². The zero-order chi connectivity index (χ0) is 17.3. The third-order valence-corrected chi connectivity index (χ3v) is 5.41. The summed E-state index contributed by atoms with van der Waals surface area (Å²) in [4.78, 5) is 24.4. The maximum atomic E-state index is 12.3. The number of hydrogen-bond donors (Lipinski definition) is 1. The van der Waals surface area contributed by atoms with Crippen LogP contribution < -0.4 is 5.32 Å². The fourth-order valence-electron chi connectivity index (χ4n) is 3.87. The van der Waals surface area contributed by atoms with Gasteiger partial charge in [0.05, 0.1) is 5.56 Å². The van der Waals surface area contributed by atoms with Crippen LogP contribution in [0.4, 0.5) is 0 Å². The molecule has 0 unspecified atom stereocenters. The molecule has 1 heterocycles. The molecule has 1 aromatic heterocycles. The van der Waals surface area contributed by atoms with Gasteiger partial charge < -0.3 is 14.6 Å². The number of nitrogens with one attached hydrogen (secondary N) is 1. The van der Waals surface area contributed by atoms with Gasteiger partial charge >= 0.3 is 5.97 Å². The number of amides is 1. The first-order valence-electron chi connectivity index (χ1n) is 9.12. The third kappa shape index (κ3) is 3.65. The second-order valence-corrected chi connectivity index (χ2v) is 7.40. The molecule has 24 heavy (non-hydrogen) atoms. The van der Waals surface area contributed by atoms with Crippen molar-refractivity contribution in [2.45, 2.75) is 71.4 Å². The fraction of sp³-hybridized carbons (Fsp3) is 0.684. The molecule has 2 atom stereocenters. The van der Waals surface area contributed by atoms with E-state index in [9.17, 15) is 9.59 Å². The van der Waals surface area contributed by atoms with Gasteiger partial charge in [0.25, 0.3) is 5.91 Å². The molecule has 5 heteroatoms. The van der Waals surface area contributed by atoms with Crippen molar-refractivity contribution < 1.29 is 14.3 Å². The van der Waals surface area contributed by atoms with Gasteiger partial charge in [0.2, 0.25) is 0 Å².